The summed E-state index contributed by atoms with van der Waals surface area (Å²) in [6, 6.07) is 2.95. The highest BCUT2D eigenvalue weighted by Crippen LogP contribution is 2.35. The van der Waals surface area contributed by atoms with Gasteiger partial charge in [0.05, 0.1) is 5.56 Å². The van der Waals surface area contributed by atoms with E-state index >= 15 is 0 Å². The van der Waals surface area contributed by atoms with Crippen molar-refractivity contribution in [3.8, 4) is 10.4 Å². The molecular formula is C14H12F5NS. The van der Waals surface area contributed by atoms with Crippen LogP contribution in [0.2, 0.25) is 0 Å². The van der Waals surface area contributed by atoms with E-state index < -0.39 is 34.6 Å². The van der Waals surface area contributed by atoms with Gasteiger partial charge in [-0.3, -0.25) is 0 Å². The molecule has 0 saturated carbocycles. The van der Waals surface area contributed by atoms with Crippen LogP contribution in [0.15, 0.2) is 12.1 Å². The molecule has 1 nitrogen and oxygen atoms in total. The Hall–Kier alpha value is -1.47. The third kappa shape index (κ3) is 3.08. The molecule has 0 saturated heterocycles. The van der Waals surface area contributed by atoms with E-state index in [2.05, 4.69) is 5.32 Å². The first-order valence-electron chi connectivity index (χ1n) is 6.28. The van der Waals surface area contributed by atoms with Gasteiger partial charge < -0.3 is 5.32 Å². The van der Waals surface area contributed by atoms with Gasteiger partial charge >= 0.3 is 0 Å². The maximum absolute atomic E-state index is 13.7. The fourth-order valence-electron chi connectivity index (χ4n) is 1.82. The molecule has 2 rings (SSSR count). The topological polar surface area (TPSA) is 12.0 Å². The molecule has 114 valence electrons. The fraction of sp³-hybridized carbons (Fsp3) is 0.286. The zero-order chi connectivity index (χ0) is 15.6. The minimum absolute atomic E-state index is 0.0103. The van der Waals surface area contributed by atoms with Gasteiger partial charge in [-0.25, -0.2) is 22.0 Å². The van der Waals surface area contributed by atoms with Crippen molar-refractivity contribution in [3.63, 3.8) is 0 Å². The summed E-state index contributed by atoms with van der Waals surface area (Å²) < 4.78 is 66.7. The van der Waals surface area contributed by atoms with E-state index in [9.17, 15) is 22.0 Å². The number of hydrogen-bond donors (Lipinski definition) is 1. The summed E-state index contributed by atoms with van der Waals surface area (Å²) in [7, 11) is 0. The van der Waals surface area contributed by atoms with Crippen LogP contribution in [0.1, 0.15) is 18.2 Å². The second-order valence-electron chi connectivity index (χ2n) is 4.39. The van der Waals surface area contributed by atoms with E-state index in [0.717, 1.165) is 29.2 Å². The Morgan fingerprint density at radius 1 is 0.905 bits per heavy atom. The van der Waals surface area contributed by atoms with Crippen LogP contribution in [-0.4, -0.2) is 6.54 Å². The van der Waals surface area contributed by atoms with E-state index in [-0.39, 0.29) is 4.88 Å². The molecule has 0 amide bonds. The predicted molar refractivity (Wildman–Crippen MR) is 71.5 cm³/mol. The Morgan fingerprint density at radius 3 is 2.05 bits per heavy atom. The van der Waals surface area contributed by atoms with Crippen molar-refractivity contribution in [2.45, 2.75) is 19.9 Å². The van der Waals surface area contributed by atoms with Gasteiger partial charge in [-0.05, 0) is 25.1 Å². The van der Waals surface area contributed by atoms with Crippen LogP contribution < -0.4 is 5.32 Å². The van der Waals surface area contributed by atoms with Gasteiger partial charge in [0.1, 0.15) is 0 Å². The lowest BCUT2D eigenvalue weighted by Gasteiger charge is -2.06. The van der Waals surface area contributed by atoms with Crippen molar-refractivity contribution >= 4 is 11.3 Å². The molecule has 0 spiro atoms. The van der Waals surface area contributed by atoms with Crippen molar-refractivity contribution in [2.75, 3.05) is 6.54 Å². The summed E-state index contributed by atoms with van der Waals surface area (Å²) >= 11 is 0.990. The average Bonchev–Trinajstić information content (AvgIpc) is 2.92. The molecule has 1 heterocycles. The zero-order valence-electron chi connectivity index (χ0n) is 11.1. The minimum Gasteiger partial charge on any atom is -0.312 e. The van der Waals surface area contributed by atoms with E-state index in [4.69, 9.17) is 0 Å². The summed E-state index contributed by atoms with van der Waals surface area (Å²) in [4.78, 5) is 0.762. The fourth-order valence-corrected chi connectivity index (χ4v) is 2.83. The third-order valence-electron chi connectivity index (χ3n) is 2.84. The first-order chi connectivity index (χ1) is 9.97. The predicted octanol–water partition coefficient (Wildman–Crippen LogP) is 4.61. The van der Waals surface area contributed by atoms with Crippen LogP contribution in [-0.2, 0) is 6.54 Å². The summed E-state index contributed by atoms with van der Waals surface area (Å²) in [6.45, 7) is 3.24. The number of nitrogens with one attached hydrogen (secondary N) is 1. The number of halogens is 5. The second-order valence-corrected chi connectivity index (χ2v) is 5.56. The number of rotatable bonds is 5. The first-order valence-corrected chi connectivity index (χ1v) is 7.10. The van der Waals surface area contributed by atoms with Gasteiger partial charge in [-0.1, -0.05) is 6.92 Å². The van der Waals surface area contributed by atoms with Gasteiger partial charge in [0, 0.05) is 16.3 Å². The monoisotopic (exact) mass is 321 g/mol. The highest BCUT2D eigenvalue weighted by Gasteiger charge is 2.27. The van der Waals surface area contributed by atoms with Crippen LogP contribution in [0.3, 0.4) is 0 Å². The largest absolute Gasteiger partial charge is 0.312 e. The van der Waals surface area contributed by atoms with E-state index in [1.165, 1.54) is 6.07 Å². The van der Waals surface area contributed by atoms with Crippen LogP contribution in [0.4, 0.5) is 22.0 Å². The summed E-state index contributed by atoms with van der Waals surface area (Å²) in [5.41, 5.74) is -0.877. The maximum Gasteiger partial charge on any atom is 0.200 e. The van der Waals surface area contributed by atoms with Gasteiger partial charge in [0.25, 0.3) is 0 Å². The van der Waals surface area contributed by atoms with Crippen LogP contribution >= 0.6 is 11.3 Å². The van der Waals surface area contributed by atoms with Crippen LogP contribution in [0.25, 0.3) is 10.4 Å². The van der Waals surface area contributed by atoms with Gasteiger partial charge in [0.2, 0.25) is 5.82 Å². The number of benzene rings is 1. The Balaban J connectivity index is 2.39. The van der Waals surface area contributed by atoms with Crippen LogP contribution in [0.5, 0.6) is 0 Å². The van der Waals surface area contributed by atoms with Gasteiger partial charge in [0.15, 0.2) is 23.3 Å². The molecule has 1 N–H and O–H groups in total. The quantitative estimate of drug-likeness (QED) is 0.367. The van der Waals surface area contributed by atoms with Crippen LogP contribution in [0, 0.1) is 29.1 Å². The lowest BCUT2D eigenvalue weighted by molar-refractivity contribution is 0.381. The SMILES string of the molecule is CCCNCc1ccc(-c2c(F)c(F)c(F)c(F)c2F)s1. The molecule has 1 aromatic carbocycles. The van der Waals surface area contributed by atoms with Crippen molar-refractivity contribution < 1.29 is 22.0 Å². The third-order valence-corrected chi connectivity index (χ3v) is 3.95. The molecule has 7 heteroatoms. The Morgan fingerprint density at radius 2 is 1.48 bits per heavy atom. The number of hydrogen-bond acceptors (Lipinski definition) is 2. The zero-order valence-corrected chi connectivity index (χ0v) is 11.9. The molecule has 2 aromatic rings. The molecule has 0 aliphatic rings. The van der Waals surface area contributed by atoms with Gasteiger partial charge in [-0.2, -0.15) is 0 Å². The smallest absolute Gasteiger partial charge is 0.200 e. The Kier molecular flexibility index (Phi) is 4.95. The molecule has 0 fully saturated rings. The van der Waals surface area contributed by atoms with Gasteiger partial charge in [-0.15, -0.1) is 11.3 Å². The molecule has 0 aliphatic heterocycles. The highest BCUT2D eigenvalue weighted by molar-refractivity contribution is 7.15. The molecule has 0 atom stereocenters. The summed E-state index contributed by atoms with van der Waals surface area (Å²) in [6.07, 6.45) is 0.926. The summed E-state index contributed by atoms with van der Waals surface area (Å²) in [5.74, 6) is -9.61. The van der Waals surface area contributed by atoms with Crippen molar-refractivity contribution in [1.29, 1.82) is 0 Å². The normalized spacial score (nSPS) is 11.1. The molecular weight excluding hydrogens is 309 g/mol. The van der Waals surface area contributed by atoms with E-state index in [1.54, 1.807) is 6.07 Å². The van der Waals surface area contributed by atoms with E-state index in [1.807, 2.05) is 6.92 Å². The minimum atomic E-state index is -2.14. The second kappa shape index (κ2) is 6.53. The van der Waals surface area contributed by atoms with E-state index in [0.29, 0.717) is 6.54 Å². The van der Waals surface area contributed by atoms with Crippen molar-refractivity contribution in [1.82, 2.24) is 5.32 Å². The van der Waals surface area contributed by atoms with Crippen molar-refractivity contribution in [3.05, 3.63) is 46.1 Å². The molecule has 21 heavy (non-hydrogen) atoms. The molecule has 1 aromatic heterocycles. The lowest BCUT2D eigenvalue weighted by Crippen LogP contribution is -2.12. The molecule has 0 aliphatic carbocycles. The molecule has 0 unspecified atom stereocenters. The average molecular weight is 321 g/mol. The Labute approximate surface area is 122 Å². The van der Waals surface area contributed by atoms with Crippen molar-refractivity contribution in [2.24, 2.45) is 0 Å². The molecule has 0 radical (unpaired) electrons. The standard InChI is InChI=1S/C14H12F5NS/c1-2-5-20-6-7-3-4-8(21-7)9-10(15)12(17)14(19)13(18)11(9)16/h3-4,20H,2,5-6H2,1H3. The maximum atomic E-state index is 13.7. The summed E-state index contributed by atoms with van der Waals surface area (Å²) in [5, 5.41) is 3.09. The molecule has 0 bridgehead atoms. The Bertz CT molecular complexity index is 624. The highest BCUT2D eigenvalue weighted by atomic mass is 32.1. The first kappa shape index (κ1) is 15.9. The lowest BCUT2D eigenvalue weighted by atomic mass is 10.1. The number of thiophene rings is 1.